The Morgan fingerprint density at radius 2 is 1.50 bits per heavy atom. The van der Waals surface area contributed by atoms with Crippen molar-refractivity contribution in [3.8, 4) is 11.3 Å². The van der Waals surface area contributed by atoms with E-state index in [0.29, 0.717) is 19.0 Å². The Balaban J connectivity index is 1.31. The number of alkyl halides is 3. The van der Waals surface area contributed by atoms with Crippen LogP contribution in [0, 0.1) is 0 Å². The van der Waals surface area contributed by atoms with E-state index in [1.54, 1.807) is 18.3 Å². The van der Waals surface area contributed by atoms with Gasteiger partial charge in [-0.2, -0.15) is 13.2 Å². The SMILES string of the molecule is FC(F)(F)c1ccc(CN2CCCN(Cc3ncc(-c4ccccc4)o3)CC2)cc1. The lowest BCUT2D eigenvalue weighted by atomic mass is 10.1. The van der Waals surface area contributed by atoms with Gasteiger partial charge in [-0.25, -0.2) is 4.98 Å². The zero-order chi connectivity index (χ0) is 21.0. The largest absolute Gasteiger partial charge is 0.439 e. The van der Waals surface area contributed by atoms with Gasteiger partial charge in [-0.05, 0) is 37.2 Å². The van der Waals surface area contributed by atoms with Gasteiger partial charge in [0, 0.05) is 25.2 Å². The van der Waals surface area contributed by atoms with Crippen LogP contribution in [-0.2, 0) is 19.3 Å². The number of hydrogen-bond acceptors (Lipinski definition) is 4. The maximum absolute atomic E-state index is 12.7. The molecular formula is C23H24F3N3O. The molecule has 4 nitrogen and oxygen atoms in total. The number of benzene rings is 2. The van der Waals surface area contributed by atoms with Crippen LogP contribution in [0.2, 0.25) is 0 Å². The van der Waals surface area contributed by atoms with E-state index in [9.17, 15) is 13.2 Å². The van der Waals surface area contributed by atoms with Gasteiger partial charge in [0.05, 0.1) is 18.3 Å². The molecule has 1 saturated heterocycles. The van der Waals surface area contributed by atoms with Crippen molar-refractivity contribution in [3.63, 3.8) is 0 Å². The van der Waals surface area contributed by atoms with E-state index >= 15 is 0 Å². The summed E-state index contributed by atoms with van der Waals surface area (Å²) < 4.78 is 44.1. The number of nitrogens with zero attached hydrogens (tertiary/aromatic N) is 3. The highest BCUT2D eigenvalue weighted by atomic mass is 19.4. The van der Waals surface area contributed by atoms with E-state index in [1.807, 2.05) is 30.3 Å². The van der Waals surface area contributed by atoms with Crippen molar-refractivity contribution in [2.75, 3.05) is 26.2 Å². The van der Waals surface area contributed by atoms with Crippen LogP contribution in [-0.4, -0.2) is 41.0 Å². The van der Waals surface area contributed by atoms with Gasteiger partial charge < -0.3 is 4.42 Å². The average Bonchev–Trinajstić information content (AvgIpc) is 3.09. The number of rotatable bonds is 5. The molecule has 1 fully saturated rings. The second-order valence-electron chi connectivity index (χ2n) is 7.58. The number of halogens is 3. The minimum atomic E-state index is -4.29. The third-order valence-corrected chi connectivity index (χ3v) is 5.34. The molecule has 30 heavy (non-hydrogen) atoms. The molecule has 0 saturated carbocycles. The molecule has 1 aliphatic heterocycles. The van der Waals surface area contributed by atoms with Crippen LogP contribution in [0.4, 0.5) is 13.2 Å². The first-order chi connectivity index (χ1) is 14.5. The standard InChI is InChI=1S/C23H24F3N3O/c24-23(25,26)20-9-7-18(8-10-20)16-28-11-4-12-29(14-13-28)17-22-27-15-21(30-22)19-5-2-1-3-6-19/h1-3,5-10,15H,4,11-14,16-17H2. The van der Waals surface area contributed by atoms with Crippen LogP contribution >= 0.6 is 0 Å². The molecule has 0 atom stereocenters. The summed E-state index contributed by atoms with van der Waals surface area (Å²) in [6.07, 6.45) is -1.53. The molecule has 7 heteroatoms. The van der Waals surface area contributed by atoms with Gasteiger partial charge in [-0.15, -0.1) is 0 Å². The fourth-order valence-electron chi connectivity index (χ4n) is 3.71. The predicted octanol–water partition coefficient (Wildman–Crippen LogP) is 5.07. The molecule has 158 valence electrons. The molecule has 0 N–H and O–H groups in total. The quantitative estimate of drug-likeness (QED) is 0.583. The number of hydrogen-bond donors (Lipinski definition) is 0. The predicted molar refractivity (Wildman–Crippen MR) is 109 cm³/mol. The van der Waals surface area contributed by atoms with Crippen LogP contribution in [0.25, 0.3) is 11.3 Å². The molecule has 3 aromatic rings. The minimum absolute atomic E-state index is 0.603. The summed E-state index contributed by atoms with van der Waals surface area (Å²) in [4.78, 5) is 9.02. The summed E-state index contributed by atoms with van der Waals surface area (Å²) in [5, 5.41) is 0. The molecule has 0 unspecified atom stereocenters. The van der Waals surface area contributed by atoms with E-state index in [2.05, 4.69) is 14.8 Å². The third-order valence-electron chi connectivity index (χ3n) is 5.34. The molecule has 0 radical (unpaired) electrons. The van der Waals surface area contributed by atoms with Gasteiger partial charge in [-0.1, -0.05) is 42.5 Å². The molecule has 4 rings (SSSR count). The maximum atomic E-state index is 12.7. The summed E-state index contributed by atoms with van der Waals surface area (Å²) in [6.45, 7) is 4.88. The first-order valence-electron chi connectivity index (χ1n) is 10.1. The summed E-state index contributed by atoms with van der Waals surface area (Å²) in [6, 6.07) is 15.4. The first kappa shape index (κ1) is 20.6. The van der Waals surface area contributed by atoms with Crippen LogP contribution in [0.15, 0.2) is 65.2 Å². The smallest absolute Gasteiger partial charge is 0.416 e. The molecular weight excluding hydrogens is 391 g/mol. The van der Waals surface area contributed by atoms with Gasteiger partial charge in [-0.3, -0.25) is 9.80 Å². The van der Waals surface area contributed by atoms with Crippen LogP contribution < -0.4 is 0 Å². The topological polar surface area (TPSA) is 32.5 Å². The molecule has 0 amide bonds. The Bertz CT molecular complexity index is 938. The van der Waals surface area contributed by atoms with Crippen molar-refractivity contribution in [1.82, 2.24) is 14.8 Å². The molecule has 1 aliphatic rings. The zero-order valence-corrected chi connectivity index (χ0v) is 16.6. The Morgan fingerprint density at radius 1 is 0.833 bits per heavy atom. The highest BCUT2D eigenvalue weighted by Gasteiger charge is 2.30. The fraction of sp³-hybridized carbons (Fsp3) is 0.348. The Labute approximate surface area is 173 Å². The van der Waals surface area contributed by atoms with E-state index < -0.39 is 11.7 Å². The van der Waals surface area contributed by atoms with Crippen molar-refractivity contribution in [3.05, 3.63) is 77.8 Å². The summed E-state index contributed by atoms with van der Waals surface area (Å²) in [7, 11) is 0. The highest BCUT2D eigenvalue weighted by molar-refractivity contribution is 5.55. The van der Waals surface area contributed by atoms with Crippen LogP contribution in [0.1, 0.15) is 23.4 Å². The monoisotopic (exact) mass is 415 g/mol. The van der Waals surface area contributed by atoms with E-state index in [0.717, 1.165) is 61.6 Å². The Morgan fingerprint density at radius 3 is 2.17 bits per heavy atom. The second-order valence-corrected chi connectivity index (χ2v) is 7.58. The van der Waals surface area contributed by atoms with Gasteiger partial charge in [0.25, 0.3) is 0 Å². The molecule has 0 bridgehead atoms. The lowest BCUT2D eigenvalue weighted by molar-refractivity contribution is -0.137. The lowest BCUT2D eigenvalue weighted by Gasteiger charge is -2.21. The summed E-state index contributed by atoms with van der Waals surface area (Å²) in [5.41, 5.74) is 1.31. The fourth-order valence-corrected chi connectivity index (χ4v) is 3.71. The normalized spacial score (nSPS) is 16.5. The van der Waals surface area contributed by atoms with Gasteiger partial charge in [0.15, 0.2) is 5.76 Å². The minimum Gasteiger partial charge on any atom is -0.439 e. The van der Waals surface area contributed by atoms with Crippen LogP contribution in [0.3, 0.4) is 0 Å². The maximum Gasteiger partial charge on any atom is 0.416 e. The van der Waals surface area contributed by atoms with Crippen molar-refractivity contribution < 1.29 is 17.6 Å². The van der Waals surface area contributed by atoms with Gasteiger partial charge in [0.2, 0.25) is 5.89 Å². The van der Waals surface area contributed by atoms with E-state index in [-0.39, 0.29) is 0 Å². The first-order valence-corrected chi connectivity index (χ1v) is 10.1. The number of aromatic nitrogens is 1. The Hall–Kier alpha value is -2.64. The second kappa shape index (κ2) is 9.02. The highest BCUT2D eigenvalue weighted by Crippen LogP contribution is 2.29. The van der Waals surface area contributed by atoms with E-state index in [4.69, 9.17) is 4.42 Å². The lowest BCUT2D eigenvalue weighted by Crippen LogP contribution is -2.30. The van der Waals surface area contributed by atoms with Crippen molar-refractivity contribution in [1.29, 1.82) is 0 Å². The van der Waals surface area contributed by atoms with Crippen molar-refractivity contribution >= 4 is 0 Å². The summed E-state index contributed by atoms with van der Waals surface area (Å²) in [5.74, 6) is 1.47. The molecule has 2 aromatic carbocycles. The van der Waals surface area contributed by atoms with Crippen LogP contribution in [0.5, 0.6) is 0 Å². The Kier molecular flexibility index (Phi) is 6.20. The average molecular weight is 415 g/mol. The van der Waals surface area contributed by atoms with Gasteiger partial charge >= 0.3 is 6.18 Å². The van der Waals surface area contributed by atoms with Crippen molar-refractivity contribution in [2.24, 2.45) is 0 Å². The van der Waals surface area contributed by atoms with E-state index in [1.165, 1.54) is 0 Å². The third kappa shape index (κ3) is 5.29. The molecule has 2 heterocycles. The zero-order valence-electron chi connectivity index (χ0n) is 16.6. The summed E-state index contributed by atoms with van der Waals surface area (Å²) >= 11 is 0. The molecule has 1 aromatic heterocycles. The van der Waals surface area contributed by atoms with Crippen molar-refractivity contribution in [2.45, 2.75) is 25.7 Å². The molecule has 0 spiro atoms. The molecule has 0 aliphatic carbocycles. The van der Waals surface area contributed by atoms with Gasteiger partial charge in [0.1, 0.15) is 0 Å². The number of oxazole rings is 1.